The molecule has 7 heteroatoms. The second-order valence-corrected chi connectivity index (χ2v) is 8.47. The predicted molar refractivity (Wildman–Crippen MR) is 125 cm³/mol. The molecule has 0 bridgehead atoms. The summed E-state index contributed by atoms with van der Waals surface area (Å²) in [5, 5.41) is 3.15. The fourth-order valence-corrected chi connectivity index (χ4v) is 4.19. The van der Waals surface area contributed by atoms with Gasteiger partial charge in [0.25, 0.3) is 0 Å². The molecule has 0 saturated carbocycles. The first kappa shape index (κ1) is 22.3. The van der Waals surface area contributed by atoms with E-state index in [4.69, 9.17) is 14.5 Å². The minimum absolute atomic E-state index is 0.0203. The first-order valence-corrected chi connectivity index (χ1v) is 11.3. The molecular formula is C25H32N4O3. The molecule has 1 atom stereocenters. The van der Waals surface area contributed by atoms with E-state index in [1.54, 1.807) is 0 Å². The number of amides is 1. The Morgan fingerprint density at radius 3 is 2.56 bits per heavy atom. The summed E-state index contributed by atoms with van der Waals surface area (Å²) >= 11 is 0. The molecule has 7 nitrogen and oxygen atoms in total. The van der Waals surface area contributed by atoms with Gasteiger partial charge in [0.1, 0.15) is 24.7 Å². The largest absolute Gasteiger partial charge is 0.486 e. The number of nitrogens with one attached hydrogen (secondary N) is 1. The Morgan fingerprint density at radius 1 is 1.09 bits per heavy atom. The highest BCUT2D eigenvalue weighted by molar-refractivity contribution is 5.81. The van der Waals surface area contributed by atoms with Gasteiger partial charge in [0.15, 0.2) is 0 Å². The Bertz CT molecular complexity index is 1010. The van der Waals surface area contributed by atoms with E-state index in [-0.39, 0.29) is 12.5 Å². The SMILES string of the molecule is CC(C)C(CNC(=O)Cn1c(COc2ccccc2)nc2ccccc21)N1CCOCC1. The zero-order valence-corrected chi connectivity index (χ0v) is 18.9. The van der Waals surface area contributed by atoms with Gasteiger partial charge in [0, 0.05) is 25.7 Å². The van der Waals surface area contributed by atoms with Gasteiger partial charge in [-0.3, -0.25) is 9.69 Å². The van der Waals surface area contributed by atoms with Crippen molar-refractivity contribution in [2.45, 2.75) is 33.0 Å². The van der Waals surface area contributed by atoms with E-state index in [0.717, 1.165) is 48.9 Å². The number of para-hydroxylation sites is 3. The third kappa shape index (κ3) is 5.47. The summed E-state index contributed by atoms with van der Waals surface area (Å²) in [5.41, 5.74) is 1.79. The third-order valence-electron chi connectivity index (χ3n) is 5.94. The Hall–Kier alpha value is -2.90. The average Bonchev–Trinajstić information content (AvgIpc) is 3.16. The molecule has 32 heavy (non-hydrogen) atoms. The number of rotatable bonds is 9. The number of benzene rings is 2. The Morgan fingerprint density at radius 2 is 1.81 bits per heavy atom. The van der Waals surface area contributed by atoms with Crippen molar-refractivity contribution in [3.8, 4) is 5.75 Å². The van der Waals surface area contributed by atoms with Crippen molar-refractivity contribution in [1.82, 2.24) is 19.8 Å². The van der Waals surface area contributed by atoms with Crippen molar-refractivity contribution in [3.05, 3.63) is 60.4 Å². The van der Waals surface area contributed by atoms with Gasteiger partial charge >= 0.3 is 0 Å². The van der Waals surface area contributed by atoms with Gasteiger partial charge in [0.05, 0.1) is 24.2 Å². The van der Waals surface area contributed by atoms with E-state index in [2.05, 4.69) is 24.1 Å². The summed E-state index contributed by atoms with van der Waals surface area (Å²) in [7, 11) is 0. The van der Waals surface area contributed by atoms with E-state index >= 15 is 0 Å². The van der Waals surface area contributed by atoms with Crippen LogP contribution in [0.3, 0.4) is 0 Å². The maximum Gasteiger partial charge on any atom is 0.240 e. The molecule has 1 fully saturated rings. The number of hydrogen-bond donors (Lipinski definition) is 1. The van der Waals surface area contributed by atoms with Crippen molar-refractivity contribution in [2.24, 2.45) is 5.92 Å². The lowest BCUT2D eigenvalue weighted by atomic mass is 10.0. The van der Waals surface area contributed by atoms with Crippen molar-refractivity contribution >= 4 is 16.9 Å². The maximum atomic E-state index is 12.9. The summed E-state index contributed by atoms with van der Waals surface area (Å²) in [4.78, 5) is 20.1. The van der Waals surface area contributed by atoms with Crippen LogP contribution in [0.4, 0.5) is 0 Å². The molecule has 3 aromatic rings. The molecule has 1 aromatic heterocycles. The lowest BCUT2D eigenvalue weighted by Crippen LogP contribution is -2.51. The number of morpholine rings is 1. The second-order valence-electron chi connectivity index (χ2n) is 8.47. The molecule has 0 spiro atoms. The van der Waals surface area contributed by atoms with Crippen LogP contribution >= 0.6 is 0 Å². The second kappa shape index (κ2) is 10.6. The highest BCUT2D eigenvalue weighted by atomic mass is 16.5. The Kier molecular flexibility index (Phi) is 7.39. The van der Waals surface area contributed by atoms with Gasteiger partial charge in [-0.1, -0.05) is 44.2 Å². The molecule has 0 aliphatic carbocycles. The van der Waals surface area contributed by atoms with Gasteiger partial charge in [0.2, 0.25) is 5.91 Å². The number of imidazole rings is 1. The summed E-state index contributed by atoms with van der Waals surface area (Å²) in [6, 6.07) is 17.8. The molecule has 2 aromatic carbocycles. The normalized spacial score (nSPS) is 15.7. The number of fused-ring (bicyclic) bond motifs is 1. The van der Waals surface area contributed by atoms with Crippen molar-refractivity contribution in [1.29, 1.82) is 0 Å². The van der Waals surface area contributed by atoms with E-state index in [1.165, 1.54) is 0 Å². The van der Waals surface area contributed by atoms with Crippen LogP contribution in [-0.2, 0) is 22.7 Å². The van der Waals surface area contributed by atoms with E-state index in [1.807, 2.05) is 59.2 Å². The predicted octanol–water partition coefficient (Wildman–Crippen LogP) is 3.09. The van der Waals surface area contributed by atoms with Gasteiger partial charge in [-0.05, 0) is 30.2 Å². The zero-order valence-electron chi connectivity index (χ0n) is 18.9. The van der Waals surface area contributed by atoms with Crippen LogP contribution in [0.15, 0.2) is 54.6 Å². The molecule has 2 heterocycles. The summed E-state index contributed by atoms with van der Waals surface area (Å²) < 4.78 is 13.4. The number of hydrogen-bond acceptors (Lipinski definition) is 5. The number of ether oxygens (including phenoxy) is 2. The highest BCUT2D eigenvalue weighted by Crippen LogP contribution is 2.18. The van der Waals surface area contributed by atoms with Crippen LogP contribution in [0.2, 0.25) is 0 Å². The number of carbonyl (C=O) groups excluding carboxylic acids is 1. The third-order valence-corrected chi connectivity index (χ3v) is 5.94. The van der Waals surface area contributed by atoms with Crippen LogP contribution in [0, 0.1) is 5.92 Å². The average molecular weight is 437 g/mol. The smallest absolute Gasteiger partial charge is 0.240 e. The molecule has 0 radical (unpaired) electrons. The van der Waals surface area contributed by atoms with Gasteiger partial charge in [-0.15, -0.1) is 0 Å². The number of aromatic nitrogens is 2. The highest BCUT2D eigenvalue weighted by Gasteiger charge is 2.24. The van der Waals surface area contributed by atoms with Gasteiger partial charge in [-0.25, -0.2) is 4.98 Å². The minimum Gasteiger partial charge on any atom is -0.486 e. The molecule has 1 saturated heterocycles. The Balaban J connectivity index is 1.44. The molecule has 1 N–H and O–H groups in total. The van der Waals surface area contributed by atoms with Crippen LogP contribution < -0.4 is 10.1 Å². The van der Waals surface area contributed by atoms with E-state index < -0.39 is 0 Å². The summed E-state index contributed by atoms with van der Waals surface area (Å²) in [6.45, 7) is 8.86. The monoisotopic (exact) mass is 436 g/mol. The fourth-order valence-electron chi connectivity index (χ4n) is 4.19. The standard InChI is InChI=1S/C25H32N4O3/c1-19(2)23(28-12-14-31-15-13-28)16-26-25(30)17-29-22-11-7-6-10-21(22)27-24(29)18-32-20-8-4-3-5-9-20/h3-11,19,23H,12-18H2,1-2H3,(H,26,30). The van der Waals surface area contributed by atoms with Gasteiger partial charge < -0.3 is 19.4 Å². The van der Waals surface area contributed by atoms with E-state index in [9.17, 15) is 4.79 Å². The van der Waals surface area contributed by atoms with Crippen LogP contribution in [0.1, 0.15) is 19.7 Å². The van der Waals surface area contributed by atoms with Crippen molar-refractivity contribution in [3.63, 3.8) is 0 Å². The molecule has 1 amide bonds. The Labute approximate surface area is 189 Å². The molecular weight excluding hydrogens is 404 g/mol. The molecule has 1 unspecified atom stereocenters. The summed E-state index contributed by atoms with van der Waals surface area (Å²) in [5.74, 6) is 1.94. The zero-order chi connectivity index (χ0) is 22.3. The van der Waals surface area contributed by atoms with E-state index in [0.29, 0.717) is 25.1 Å². The molecule has 170 valence electrons. The first-order valence-electron chi connectivity index (χ1n) is 11.3. The first-order chi connectivity index (χ1) is 15.6. The lowest BCUT2D eigenvalue weighted by molar-refractivity contribution is -0.122. The maximum absolute atomic E-state index is 12.9. The van der Waals surface area contributed by atoms with Crippen LogP contribution in [0.25, 0.3) is 11.0 Å². The quantitative estimate of drug-likeness (QED) is 0.558. The van der Waals surface area contributed by atoms with Gasteiger partial charge in [-0.2, -0.15) is 0 Å². The topological polar surface area (TPSA) is 68.6 Å². The number of nitrogens with zero attached hydrogens (tertiary/aromatic N) is 3. The fraction of sp³-hybridized carbons (Fsp3) is 0.440. The van der Waals surface area contributed by atoms with Crippen molar-refractivity contribution < 1.29 is 14.3 Å². The summed E-state index contributed by atoms with van der Waals surface area (Å²) in [6.07, 6.45) is 0. The minimum atomic E-state index is -0.0203. The number of carbonyl (C=O) groups is 1. The lowest BCUT2D eigenvalue weighted by Gasteiger charge is -2.36. The van der Waals surface area contributed by atoms with Crippen LogP contribution in [0.5, 0.6) is 5.75 Å². The van der Waals surface area contributed by atoms with Crippen molar-refractivity contribution in [2.75, 3.05) is 32.8 Å². The molecule has 1 aliphatic rings. The molecule has 1 aliphatic heterocycles. The van der Waals surface area contributed by atoms with Crippen LogP contribution in [-0.4, -0.2) is 59.2 Å². The molecule has 4 rings (SSSR count).